The number of aromatic carboxylic acids is 1. The van der Waals surface area contributed by atoms with Gasteiger partial charge in [0.05, 0.1) is 17.4 Å². The van der Waals surface area contributed by atoms with Crippen LogP contribution in [0.25, 0.3) is 0 Å². The van der Waals surface area contributed by atoms with Gasteiger partial charge in [-0.15, -0.1) is 0 Å². The van der Waals surface area contributed by atoms with Gasteiger partial charge in [0.25, 0.3) is 5.92 Å². The maximum atomic E-state index is 13.3. The molecule has 1 saturated heterocycles. The van der Waals surface area contributed by atoms with Crippen molar-refractivity contribution in [3.8, 4) is 0 Å². The van der Waals surface area contributed by atoms with Crippen molar-refractivity contribution in [2.45, 2.75) is 19.3 Å². The first-order chi connectivity index (χ1) is 11.4. The summed E-state index contributed by atoms with van der Waals surface area (Å²) in [6.45, 7) is 2.61. The number of H-pyrrole nitrogens is 1. The molecule has 0 spiro atoms. The van der Waals surface area contributed by atoms with Gasteiger partial charge in [0, 0.05) is 37.1 Å². The van der Waals surface area contributed by atoms with Gasteiger partial charge in [0.15, 0.2) is 0 Å². The van der Waals surface area contributed by atoms with E-state index in [1.165, 1.54) is 6.20 Å². The Morgan fingerprint density at radius 3 is 2.71 bits per heavy atom. The van der Waals surface area contributed by atoms with Crippen molar-refractivity contribution in [3.05, 3.63) is 46.9 Å². The molecular weight excluding hydrogens is 316 g/mol. The summed E-state index contributed by atoms with van der Waals surface area (Å²) >= 11 is 0. The molecule has 126 valence electrons. The Balaban J connectivity index is 1.47. The molecule has 24 heavy (non-hydrogen) atoms. The highest BCUT2D eigenvalue weighted by atomic mass is 19.3. The summed E-state index contributed by atoms with van der Waals surface area (Å²) in [5.41, 5.74) is 2.83. The van der Waals surface area contributed by atoms with Crippen LogP contribution in [0.2, 0.25) is 0 Å². The van der Waals surface area contributed by atoms with E-state index >= 15 is 0 Å². The summed E-state index contributed by atoms with van der Waals surface area (Å²) in [6, 6.07) is 5.39. The quantitative estimate of drug-likeness (QED) is 0.903. The number of aromatic nitrogens is 2. The fourth-order valence-corrected chi connectivity index (χ4v) is 3.51. The predicted molar refractivity (Wildman–Crippen MR) is 83.7 cm³/mol. The molecule has 2 atom stereocenters. The Labute approximate surface area is 137 Å². The third kappa shape index (κ3) is 2.35. The Bertz CT molecular complexity index is 804. The van der Waals surface area contributed by atoms with E-state index in [1.54, 1.807) is 6.07 Å². The number of alkyl halides is 2. The summed E-state index contributed by atoms with van der Waals surface area (Å²) in [6.07, 6.45) is 2.02. The number of rotatable bonds is 4. The van der Waals surface area contributed by atoms with Crippen molar-refractivity contribution in [2.24, 2.45) is 11.8 Å². The molecule has 5 nitrogen and oxygen atoms in total. The second kappa shape index (κ2) is 5.03. The number of halogens is 2. The average molecular weight is 333 g/mol. The number of nitrogens with one attached hydrogen (secondary N) is 1. The molecule has 2 aromatic rings. The number of aryl methyl sites for hydroxylation is 1. The largest absolute Gasteiger partial charge is 0.478 e. The molecule has 0 bridgehead atoms. The molecule has 4 rings (SSSR count). The zero-order valence-electron chi connectivity index (χ0n) is 13.1. The number of carboxylic acids is 1. The third-order valence-electron chi connectivity index (χ3n) is 5.07. The summed E-state index contributed by atoms with van der Waals surface area (Å²) in [5.74, 6) is -3.76. The number of hydrogen-bond acceptors (Lipinski definition) is 3. The number of carbonyl (C=O) groups is 1. The molecule has 1 aliphatic heterocycles. The molecule has 1 aliphatic carbocycles. The molecule has 2 fully saturated rings. The van der Waals surface area contributed by atoms with Crippen LogP contribution >= 0.6 is 0 Å². The summed E-state index contributed by atoms with van der Waals surface area (Å²) < 4.78 is 26.6. The van der Waals surface area contributed by atoms with Crippen LogP contribution in [0, 0.1) is 18.8 Å². The van der Waals surface area contributed by atoms with Gasteiger partial charge < -0.3 is 15.0 Å². The van der Waals surface area contributed by atoms with Crippen molar-refractivity contribution < 1.29 is 18.7 Å². The maximum absolute atomic E-state index is 13.3. The molecule has 3 heterocycles. The van der Waals surface area contributed by atoms with E-state index in [9.17, 15) is 13.6 Å². The molecule has 1 saturated carbocycles. The van der Waals surface area contributed by atoms with E-state index in [1.807, 2.05) is 24.0 Å². The topological polar surface area (TPSA) is 69.2 Å². The lowest BCUT2D eigenvalue weighted by atomic mass is 10.1. The van der Waals surface area contributed by atoms with Gasteiger partial charge in [-0.1, -0.05) is 6.07 Å². The number of nitrogens with zero attached hydrogens (tertiary/aromatic N) is 2. The molecular formula is C17H17F2N3O2. The van der Waals surface area contributed by atoms with Crippen LogP contribution in [0.1, 0.15) is 27.3 Å². The number of piperidine rings is 1. The molecule has 0 aromatic carbocycles. The minimum Gasteiger partial charge on any atom is -0.478 e. The molecule has 2 aromatic heterocycles. The highest BCUT2D eigenvalue weighted by molar-refractivity contribution is 5.87. The number of carboxylic acid groups (broad SMARTS) is 1. The van der Waals surface area contributed by atoms with Crippen molar-refractivity contribution >= 4 is 11.8 Å². The molecule has 0 radical (unpaired) electrons. The lowest BCUT2D eigenvalue weighted by Crippen LogP contribution is -2.28. The monoisotopic (exact) mass is 333 g/mol. The molecule has 2 unspecified atom stereocenters. The van der Waals surface area contributed by atoms with E-state index in [0.29, 0.717) is 19.5 Å². The number of anilines is 1. The summed E-state index contributed by atoms with van der Waals surface area (Å²) in [4.78, 5) is 20.3. The smallest absolute Gasteiger partial charge is 0.337 e. The number of aromatic amines is 1. The van der Waals surface area contributed by atoms with Crippen molar-refractivity contribution in [1.29, 1.82) is 0 Å². The molecule has 2 aliphatic rings. The first-order valence-corrected chi connectivity index (χ1v) is 7.86. The van der Waals surface area contributed by atoms with Gasteiger partial charge in [-0.05, 0) is 24.6 Å². The fourth-order valence-electron chi connectivity index (χ4n) is 3.51. The molecule has 2 N–H and O–H groups in total. The van der Waals surface area contributed by atoms with Crippen molar-refractivity contribution in [3.63, 3.8) is 0 Å². The second-order valence-corrected chi connectivity index (χ2v) is 6.60. The normalized spacial score (nSPS) is 24.0. The second-order valence-electron chi connectivity index (χ2n) is 6.60. The number of hydrogen-bond donors (Lipinski definition) is 2. The van der Waals surface area contributed by atoms with Crippen LogP contribution in [0.4, 0.5) is 14.6 Å². The Hall–Kier alpha value is -2.44. The van der Waals surface area contributed by atoms with Crippen LogP contribution in [-0.2, 0) is 6.42 Å². The Morgan fingerprint density at radius 1 is 1.42 bits per heavy atom. The zero-order chi connectivity index (χ0) is 17.1. The fraction of sp³-hybridized carbons (Fsp3) is 0.412. The first-order valence-electron chi connectivity index (χ1n) is 7.86. The van der Waals surface area contributed by atoms with Crippen LogP contribution in [0.15, 0.2) is 24.4 Å². The van der Waals surface area contributed by atoms with Gasteiger partial charge in [0.2, 0.25) is 0 Å². The highest BCUT2D eigenvalue weighted by Gasteiger charge is 2.71. The lowest BCUT2D eigenvalue weighted by Gasteiger charge is -2.21. The van der Waals surface area contributed by atoms with E-state index in [4.69, 9.17) is 5.11 Å². The van der Waals surface area contributed by atoms with E-state index < -0.39 is 23.7 Å². The standard InChI is InChI=1S/C17H17F2N3O2/c1-9-10(4-12-5-11(6-20-12)16(23)24)2-3-15(21-9)22-7-13-14(8-22)17(13,18)19/h2-3,5-6,13-14,20H,4,7-8H2,1H3,(H,23,24). The number of pyridine rings is 1. The van der Waals surface area contributed by atoms with Crippen LogP contribution in [-0.4, -0.2) is 40.1 Å². The maximum Gasteiger partial charge on any atom is 0.337 e. The van der Waals surface area contributed by atoms with Gasteiger partial charge in [-0.25, -0.2) is 18.6 Å². The van der Waals surface area contributed by atoms with Gasteiger partial charge in [0.1, 0.15) is 5.82 Å². The Morgan fingerprint density at radius 2 is 2.12 bits per heavy atom. The van der Waals surface area contributed by atoms with Gasteiger partial charge in [-0.3, -0.25) is 0 Å². The lowest BCUT2D eigenvalue weighted by molar-refractivity contribution is 0.0696. The first kappa shape index (κ1) is 15.1. The van der Waals surface area contributed by atoms with E-state index in [2.05, 4.69) is 9.97 Å². The van der Waals surface area contributed by atoms with Crippen LogP contribution in [0.5, 0.6) is 0 Å². The third-order valence-corrected chi connectivity index (χ3v) is 5.07. The zero-order valence-corrected chi connectivity index (χ0v) is 13.1. The SMILES string of the molecule is Cc1nc(N2CC3C(C2)C3(F)F)ccc1Cc1cc(C(=O)O)c[nH]1. The summed E-state index contributed by atoms with van der Waals surface area (Å²) in [7, 11) is 0. The van der Waals surface area contributed by atoms with Crippen LogP contribution in [0.3, 0.4) is 0 Å². The molecule has 7 heteroatoms. The average Bonchev–Trinajstić information content (AvgIpc) is 3.00. The van der Waals surface area contributed by atoms with E-state index in [0.717, 1.165) is 22.8 Å². The van der Waals surface area contributed by atoms with E-state index in [-0.39, 0.29) is 5.56 Å². The van der Waals surface area contributed by atoms with Crippen molar-refractivity contribution in [1.82, 2.24) is 9.97 Å². The number of fused-ring (bicyclic) bond motifs is 1. The van der Waals surface area contributed by atoms with Gasteiger partial charge in [-0.2, -0.15) is 0 Å². The summed E-state index contributed by atoms with van der Waals surface area (Å²) in [5, 5.41) is 8.95. The van der Waals surface area contributed by atoms with Crippen LogP contribution < -0.4 is 4.90 Å². The van der Waals surface area contributed by atoms with Crippen molar-refractivity contribution in [2.75, 3.05) is 18.0 Å². The highest BCUT2D eigenvalue weighted by Crippen LogP contribution is 2.59. The minimum atomic E-state index is -2.49. The molecule has 0 amide bonds. The predicted octanol–water partition coefficient (Wildman–Crippen LogP) is 2.71. The Kier molecular flexibility index (Phi) is 3.16. The minimum absolute atomic E-state index is 0.226. The van der Waals surface area contributed by atoms with Gasteiger partial charge >= 0.3 is 5.97 Å².